The highest BCUT2D eigenvalue weighted by molar-refractivity contribution is 5.68. The molecule has 0 aliphatic carbocycles. The normalized spacial score (nSPS) is 10.4. The number of aromatic nitrogens is 3. The molecular weight excluding hydrogens is 226 g/mol. The molecule has 1 N–H and O–H groups in total. The van der Waals surface area contributed by atoms with E-state index in [1.165, 1.54) is 11.3 Å². The van der Waals surface area contributed by atoms with E-state index in [-0.39, 0.29) is 0 Å². The first kappa shape index (κ1) is 12.4. The van der Waals surface area contributed by atoms with E-state index in [0.717, 1.165) is 17.9 Å². The van der Waals surface area contributed by atoms with E-state index in [9.17, 15) is 0 Å². The third-order valence-electron chi connectivity index (χ3n) is 3.09. The highest BCUT2D eigenvalue weighted by Crippen LogP contribution is 2.23. The number of hydrogen-bond acceptors (Lipinski definition) is 4. The molecule has 0 radical (unpaired) electrons. The largest absolute Gasteiger partial charge is 0.378 e. The molecule has 0 spiro atoms. The van der Waals surface area contributed by atoms with Gasteiger partial charge in [-0.05, 0) is 13.0 Å². The van der Waals surface area contributed by atoms with E-state index < -0.39 is 0 Å². The van der Waals surface area contributed by atoms with Crippen LogP contribution in [0.25, 0.3) is 0 Å². The summed E-state index contributed by atoms with van der Waals surface area (Å²) in [5, 5.41) is 7.64. The van der Waals surface area contributed by atoms with Crippen molar-refractivity contribution in [1.29, 1.82) is 0 Å². The van der Waals surface area contributed by atoms with Crippen molar-refractivity contribution in [3.8, 4) is 0 Å². The molecule has 0 saturated carbocycles. The molecule has 0 atom stereocenters. The number of nitrogens with one attached hydrogen (secondary N) is 1. The van der Waals surface area contributed by atoms with Gasteiger partial charge in [-0.25, -0.2) is 0 Å². The predicted molar refractivity (Wildman–Crippen MR) is 73.8 cm³/mol. The van der Waals surface area contributed by atoms with Crippen LogP contribution < -0.4 is 10.2 Å². The standard InChI is InChI=1S/C13H19N5/c1-10-11(8-16-18(10)4)7-15-12-9-14-6-5-13(12)17(2)3/h5-6,8-9,15H,7H2,1-4H3. The maximum atomic E-state index is 4.24. The van der Waals surface area contributed by atoms with Crippen molar-refractivity contribution in [2.24, 2.45) is 7.05 Å². The van der Waals surface area contributed by atoms with Crippen molar-refractivity contribution in [2.75, 3.05) is 24.3 Å². The molecule has 0 saturated heterocycles. The highest BCUT2D eigenvalue weighted by Gasteiger charge is 2.06. The van der Waals surface area contributed by atoms with Gasteiger partial charge in [-0.3, -0.25) is 9.67 Å². The van der Waals surface area contributed by atoms with Gasteiger partial charge in [-0.15, -0.1) is 0 Å². The number of hydrogen-bond donors (Lipinski definition) is 1. The van der Waals surface area contributed by atoms with Gasteiger partial charge in [0.1, 0.15) is 0 Å². The Morgan fingerprint density at radius 3 is 2.72 bits per heavy atom. The summed E-state index contributed by atoms with van der Waals surface area (Å²) in [6.45, 7) is 2.83. The summed E-state index contributed by atoms with van der Waals surface area (Å²) < 4.78 is 1.88. The minimum Gasteiger partial charge on any atom is -0.378 e. The molecular formula is C13H19N5. The van der Waals surface area contributed by atoms with E-state index >= 15 is 0 Å². The fourth-order valence-corrected chi connectivity index (χ4v) is 1.82. The van der Waals surface area contributed by atoms with Crippen LogP contribution in [0.2, 0.25) is 0 Å². The topological polar surface area (TPSA) is 46.0 Å². The molecule has 0 aliphatic heterocycles. The Morgan fingerprint density at radius 1 is 1.33 bits per heavy atom. The molecule has 0 aliphatic rings. The zero-order valence-electron chi connectivity index (χ0n) is 11.3. The van der Waals surface area contributed by atoms with Crippen LogP contribution >= 0.6 is 0 Å². The molecule has 5 nitrogen and oxygen atoms in total. The Bertz CT molecular complexity index is 530. The molecule has 2 aromatic rings. The van der Waals surface area contributed by atoms with Crippen molar-refractivity contribution < 1.29 is 0 Å². The average Bonchev–Trinajstić information content (AvgIpc) is 2.68. The summed E-state index contributed by atoms with van der Waals surface area (Å²) in [5.41, 5.74) is 4.54. The van der Waals surface area contributed by atoms with Gasteiger partial charge < -0.3 is 10.2 Å². The fraction of sp³-hybridized carbons (Fsp3) is 0.385. The summed E-state index contributed by atoms with van der Waals surface area (Å²) in [4.78, 5) is 6.23. The van der Waals surface area contributed by atoms with Gasteiger partial charge in [-0.1, -0.05) is 0 Å². The van der Waals surface area contributed by atoms with Crippen molar-refractivity contribution >= 4 is 11.4 Å². The van der Waals surface area contributed by atoms with Gasteiger partial charge >= 0.3 is 0 Å². The number of rotatable bonds is 4. The van der Waals surface area contributed by atoms with Gasteiger partial charge in [0.2, 0.25) is 0 Å². The first-order valence-electron chi connectivity index (χ1n) is 5.92. The van der Waals surface area contributed by atoms with Crippen LogP contribution in [0.5, 0.6) is 0 Å². The van der Waals surface area contributed by atoms with Gasteiger partial charge in [0, 0.05) is 45.1 Å². The second kappa shape index (κ2) is 5.08. The van der Waals surface area contributed by atoms with Crippen molar-refractivity contribution in [1.82, 2.24) is 14.8 Å². The molecule has 5 heteroatoms. The monoisotopic (exact) mass is 245 g/mol. The van der Waals surface area contributed by atoms with Gasteiger partial charge in [0.05, 0.1) is 23.8 Å². The summed E-state index contributed by atoms with van der Waals surface area (Å²) >= 11 is 0. The van der Waals surface area contributed by atoms with Gasteiger partial charge in [0.15, 0.2) is 0 Å². The Labute approximate surface area is 107 Å². The Kier molecular flexibility index (Phi) is 3.50. The quantitative estimate of drug-likeness (QED) is 0.892. The molecule has 0 amide bonds. The SMILES string of the molecule is Cc1c(CNc2cnccc2N(C)C)cnn1C. The van der Waals surface area contributed by atoms with E-state index in [1.807, 2.05) is 44.3 Å². The Hall–Kier alpha value is -2.04. The van der Waals surface area contributed by atoms with Crippen LogP contribution in [0.3, 0.4) is 0 Å². The van der Waals surface area contributed by atoms with Crippen LogP contribution in [0.1, 0.15) is 11.3 Å². The van der Waals surface area contributed by atoms with Crippen LogP contribution in [0.4, 0.5) is 11.4 Å². The van der Waals surface area contributed by atoms with Crippen molar-refractivity contribution in [2.45, 2.75) is 13.5 Å². The van der Waals surface area contributed by atoms with E-state index in [0.29, 0.717) is 0 Å². The summed E-state index contributed by atoms with van der Waals surface area (Å²) in [6, 6.07) is 2.00. The van der Waals surface area contributed by atoms with Crippen LogP contribution in [-0.4, -0.2) is 28.9 Å². The van der Waals surface area contributed by atoms with Crippen LogP contribution in [0, 0.1) is 6.92 Å². The van der Waals surface area contributed by atoms with E-state index in [1.54, 1.807) is 6.20 Å². The summed E-state index contributed by atoms with van der Waals surface area (Å²) in [7, 11) is 6.00. The maximum Gasteiger partial charge on any atom is 0.0766 e. The van der Waals surface area contributed by atoms with Gasteiger partial charge in [-0.2, -0.15) is 5.10 Å². The third kappa shape index (κ3) is 2.45. The van der Waals surface area contributed by atoms with Crippen molar-refractivity contribution in [3.63, 3.8) is 0 Å². The lowest BCUT2D eigenvalue weighted by Crippen LogP contribution is -2.12. The molecule has 18 heavy (non-hydrogen) atoms. The molecule has 2 heterocycles. The van der Waals surface area contributed by atoms with E-state index in [4.69, 9.17) is 0 Å². The first-order chi connectivity index (χ1) is 8.59. The Morgan fingerprint density at radius 2 is 2.11 bits per heavy atom. The lowest BCUT2D eigenvalue weighted by atomic mass is 10.2. The van der Waals surface area contributed by atoms with E-state index in [2.05, 4.69) is 27.2 Å². The number of aryl methyl sites for hydroxylation is 1. The molecule has 2 rings (SSSR count). The lowest BCUT2D eigenvalue weighted by molar-refractivity contribution is 0.738. The first-order valence-corrected chi connectivity index (χ1v) is 5.92. The summed E-state index contributed by atoms with van der Waals surface area (Å²) in [6.07, 6.45) is 5.55. The predicted octanol–water partition coefficient (Wildman–Crippen LogP) is 1.80. The second-order valence-corrected chi connectivity index (χ2v) is 4.52. The smallest absolute Gasteiger partial charge is 0.0766 e. The average molecular weight is 245 g/mol. The second-order valence-electron chi connectivity index (χ2n) is 4.52. The molecule has 0 unspecified atom stereocenters. The zero-order valence-corrected chi connectivity index (χ0v) is 11.3. The minimum absolute atomic E-state index is 0.756. The number of anilines is 2. The third-order valence-corrected chi connectivity index (χ3v) is 3.09. The molecule has 0 bridgehead atoms. The number of pyridine rings is 1. The zero-order chi connectivity index (χ0) is 13.1. The fourth-order valence-electron chi connectivity index (χ4n) is 1.82. The minimum atomic E-state index is 0.756. The highest BCUT2D eigenvalue weighted by atomic mass is 15.3. The molecule has 96 valence electrons. The summed E-state index contributed by atoms with van der Waals surface area (Å²) in [5.74, 6) is 0. The number of nitrogens with zero attached hydrogens (tertiary/aromatic N) is 4. The molecule has 2 aromatic heterocycles. The lowest BCUT2D eigenvalue weighted by Gasteiger charge is -2.17. The van der Waals surface area contributed by atoms with Crippen molar-refractivity contribution in [3.05, 3.63) is 35.9 Å². The van der Waals surface area contributed by atoms with Crippen LogP contribution in [0.15, 0.2) is 24.7 Å². The molecule has 0 fully saturated rings. The Balaban J connectivity index is 2.13. The van der Waals surface area contributed by atoms with Gasteiger partial charge in [0.25, 0.3) is 0 Å². The maximum absolute atomic E-state index is 4.24. The molecule has 0 aromatic carbocycles. The van der Waals surface area contributed by atoms with Crippen LogP contribution in [-0.2, 0) is 13.6 Å².